The van der Waals surface area contributed by atoms with Crippen LogP contribution in [0.5, 0.6) is 0 Å². The van der Waals surface area contributed by atoms with Crippen molar-refractivity contribution in [3.8, 4) is 0 Å². The molecule has 0 N–H and O–H groups in total. The number of aromatic nitrogens is 1. The number of para-hydroxylation sites is 1. The van der Waals surface area contributed by atoms with Crippen molar-refractivity contribution in [2.75, 3.05) is 27.2 Å². The third kappa shape index (κ3) is 4.78. The van der Waals surface area contributed by atoms with Gasteiger partial charge in [0.1, 0.15) is 5.69 Å². The Hall–Kier alpha value is -3.37. The summed E-state index contributed by atoms with van der Waals surface area (Å²) in [6, 6.07) is 25.6. The third-order valence-electron chi connectivity index (χ3n) is 6.36. The Morgan fingerprint density at radius 1 is 0.882 bits per heavy atom. The fraction of sp³-hybridized carbons (Fsp3) is 0.300. The summed E-state index contributed by atoms with van der Waals surface area (Å²) in [7, 11) is 4.11. The summed E-state index contributed by atoms with van der Waals surface area (Å²) in [5.74, 6) is -0.359. The van der Waals surface area contributed by atoms with Gasteiger partial charge in [0.05, 0.1) is 6.61 Å². The van der Waals surface area contributed by atoms with Crippen molar-refractivity contribution in [1.29, 1.82) is 0 Å². The maximum absolute atomic E-state index is 13.5. The van der Waals surface area contributed by atoms with Gasteiger partial charge in [0.25, 0.3) is 0 Å². The van der Waals surface area contributed by atoms with Gasteiger partial charge in [-0.05, 0) is 52.1 Å². The summed E-state index contributed by atoms with van der Waals surface area (Å²) in [6.45, 7) is 7.93. The average molecular weight is 455 g/mol. The zero-order valence-electron chi connectivity index (χ0n) is 20.8. The molecule has 0 spiro atoms. The molecule has 0 amide bonds. The number of ether oxygens (including phenoxy) is 1. The molecule has 0 radical (unpaired) electrons. The van der Waals surface area contributed by atoms with Crippen molar-refractivity contribution >= 4 is 16.9 Å². The lowest BCUT2D eigenvalue weighted by Crippen LogP contribution is -2.22. The van der Waals surface area contributed by atoms with E-state index in [0.29, 0.717) is 18.8 Å². The number of nitrogens with zero attached hydrogens (tertiary/aromatic N) is 2. The zero-order chi connectivity index (χ0) is 24.2. The van der Waals surface area contributed by atoms with Gasteiger partial charge in [-0.2, -0.15) is 0 Å². The van der Waals surface area contributed by atoms with E-state index in [9.17, 15) is 4.79 Å². The van der Waals surface area contributed by atoms with Gasteiger partial charge in [-0.1, -0.05) is 77.9 Å². The van der Waals surface area contributed by atoms with Crippen LogP contribution in [0.3, 0.4) is 0 Å². The first-order valence-electron chi connectivity index (χ1n) is 12.0. The number of hydrogen-bond donors (Lipinski definition) is 0. The van der Waals surface area contributed by atoms with Crippen molar-refractivity contribution in [3.05, 3.63) is 106 Å². The fourth-order valence-corrected chi connectivity index (χ4v) is 4.62. The van der Waals surface area contributed by atoms with Crippen molar-refractivity contribution in [3.63, 3.8) is 0 Å². The Morgan fingerprint density at radius 3 is 1.97 bits per heavy atom. The summed E-state index contributed by atoms with van der Waals surface area (Å²) in [5.41, 5.74) is 7.48. The standard InChI is InChI=1S/C30H34N2O2/c1-6-34-30(33)29-28(25-9-7-8-10-26(25)32(29)20-19-31(4)5)27(23-15-11-21(2)12-16-23)24-17-13-22(3)14-18-24/h7-18,27H,6,19-20H2,1-5H3. The maximum Gasteiger partial charge on any atom is 0.355 e. The molecule has 0 fully saturated rings. The molecule has 4 rings (SSSR count). The zero-order valence-corrected chi connectivity index (χ0v) is 20.8. The van der Waals surface area contributed by atoms with E-state index in [-0.39, 0.29) is 11.9 Å². The molecule has 0 saturated heterocycles. The largest absolute Gasteiger partial charge is 0.461 e. The van der Waals surface area contributed by atoms with Crippen LogP contribution in [-0.4, -0.2) is 42.7 Å². The van der Waals surface area contributed by atoms with Crippen LogP contribution in [0.25, 0.3) is 10.9 Å². The highest BCUT2D eigenvalue weighted by atomic mass is 16.5. The molecule has 0 bridgehead atoms. The molecule has 4 heteroatoms. The van der Waals surface area contributed by atoms with Crippen molar-refractivity contribution in [1.82, 2.24) is 9.47 Å². The van der Waals surface area contributed by atoms with E-state index in [2.05, 4.69) is 104 Å². The van der Waals surface area contributed by atoms with Crippen molar-refractivity contribution in [2.24, 2.45) is 0 Å². The number of esters is 1. The van der Waals surface area contributed by atoms with Gasteiger partial charge in [-0.3, -0.25) is 0 Å². The number of benzene rings is 3. The molecule has 3 aromatic carbocycles. The molecule has 4 nitrogen and oxygen atoms in total. The molecular weight excluding hydrogens is 420 g/mol. The van der Waals surface area contributed by atoms with Crippen molar-refractivity contribution in [2.45, 2.75) is 33.2 Å². The van der Waals surface area contributed by atoms with Crippen LogP contribution in [0.15, 0.2) is 72.8 Å². The second-order valence-corrected chi connectivity index (χ2v) is 9.21. The van der Waals surface area contributed by atoms with Crippen LogP contribution in [0, 0.1) is 13.8 Å². The van der Waals surface area contributed by atoms with Crippen LogP contribution >= 0.6 is 0 Å². The minimum atomic E-state index is -0.267. The first-order chi connectivity index (χ1) is 16.4. The molecule has 0 aliphatic rings. The molecule has 0 saturated carbocycles. The van der Waals surface area contributed by atoms with Gasteiger partial charge < -0.3 is 14.2 Å². The molecule has 1 heterocycles. The van der Waals surface area contributed by atoms with Gasteiger partial charge in [0.15, 0.2) is 0 Å². The average Bonchev–Trinajstić information content (AvgIpc) is 3.14. The summed E-state index contributed by atoms with van der Waals surface area (Å²) >= 11 is 0. The molecule has 0 unspecified atom stereocenters. The summed E-state index contributed by atoms with van der Waals surface area (Å²) < 4.78 is 7.78. The SMILES string of the molecule is CCOC(=O)c1c(C(c2ccc(C)cc2)c2ccc(C)cc2)c2ccccc2n1CCN(C)C. The van der Waals surface area contributed by atoms with E-state index >= 15 is 0 Å². The minimum absolute atomic E-state index is 0.0916. The predicted octanol–water partition coefficient (Wildman–Crippen LogP) is 6.18. The second-order valence-electron chi connectivity index (χ2n) is 9.21. The van der Waals surface area contributed by atoms with Crippen LogP contribution in [0.1, 0.15) is 51.1 Å². The van der Waals surface area contributed by atoms with Crippen LogP contribution < -0.4 is 0 Å². The number of aryl methyl sites for hydroxylation is 2. The second kappa shape index (κ2) is 10.3. The predicted molar refractivity (Wildman–Crippen MR) is 140 cm³/mol. The molecule has 0 atom stereocenters. The normalized spacial score (nSPS) is 11.5. The number of carbonyl (C=O) groups is 1. The Bertz CT molecular complexity index is 1220. The maximum atomic E-state index is 13.5. The highest BCUT2D eigenvalue weighted by Crippen LogP contribution is 2.40. The Balaban J connectivity index is 2.05. The highest BCUT2D eigenvalue weighted by Gasteiger charge is 2.30. The molecule has 34 heavy (non-hydrogen) atoms. The van der Waals surface area contributed by atoms with Gasteiger partial charge in [0.2, 0.25) is 0 Å². The first kappa shape index (κ1) is 23.8. The van der Waals surface area contributed by atoms with E-state index in [1.165, 1.54) is 11.1 Å². The topological polar surface area (TPSA) is 34.5 Å². The lowest BCUT2D eigenvalue weighted by Gasteiger charge is -2.21. The smallest absolute Gasteiger partial charge is 0.355 e. The summed E-state index contributed by atoms with van der Waals surface area (Å²) in [5, 5.41) is 1.09. The molecule has 4 aromatic rings. The van der Waals surface area contributed by atoms with E-state index < -0.39 is 0 Å². The van der Waals surface area contributed by atoms with Crippen LogP contribution in [0.2, 0.25) is 0 Å². The number of hydrogen-bond acceptors (Lipinski definition) is 3. The van der Waals surface area contributed by atoms with Crippen LogP contribution in [-0.2, 0) is 11.3 Å². The van der Waals surface area contributed by atoms with E-state index in [1.807, 2.05) is 13.0 Å². The van der Waals surface area contributed by atoms with Gasteiger partial charge in [0, 0.05) is 35.5 Å². The monoisotopic (exact) mass is 454 g/mol. The third-order valence-corrected chi connectivity index (χ3v) is 6.36. The number of likely N-dealkylation sites (N-methyl/N-ethyl adjacent to an activating group) is 1. The van der Waals surface area contributed by atoms with E-state index in [1.54, 1.807) is 0 Å². The van der Waals surface area contributed by atoms with Gasteiger partial charge in [-0.25, -0.2) is 4.79 Å². The fourth-order valence-electron chi connectivity index (χ4n) is 4.62. The molecular formula is C30H34N2O2. The van der Waals surface area contributed by atoms with E-state index in [0.717, 1.165) is 34.1 Å². The summed E-state index contributed by atoms with van der Waals surface area (Å²) in [4.78, 5) is 15.7. The number of fused-ring (bicyclic) bond motifs is 1. The lowest BCUT2D eigenvalue weighted by atomic mass is 9.83. The molecule has 0 aliphatic heterocycles. The van der Waals surface area contributed by atoms with Crippen molar-refractivity contribution < 1.29 is 9.53 Å². The number of carbonyl (C=O) groups excluding carboxylic acids is 1. The molecule has 0 aliphatic carbocycles. The van der Waals surface area contributed by atoms with Crippen LogP contribution in [0.4, 0.5) is 0 Å². The minimum Gasteiger partial charge on any atom is -0.461 e. The Morgan fingerprint density at radius 2 is 1.44 bits per heavy atom. The Labute approximate surface area is 202 Å². The lowest BCUT2D eigenvalue weighted by molar-refractivity contribution is 0.0512. The summed E-state index contributed by atoms with van der Waals surface area (Å²) in [6.07, 6.45) is 0. The quantitative estimate of drug-likeness (QED) is 0.298. The van der Waals surface area contributed by atoms with Gasteiger partial charge in [-0.15, -0.1) is 0 Å². The Kier molecular flexibility index (Phi) is 7.18. The highest BCUT2D eigenvalue weighted by molar-refractivity contribution is 6.00. The first-order valence-corrected chi connectivity index (χ1v) is 12.0. The molecule has 1 aromatic heterocycles. The van der Waals surface area contributed by atoms with E-state index in [4.69, 9.17) is 4.74 Å². The number of rotatable bonds is 8. The molecule has 176 valence electrons. The van der Waals surface area contributed by atoms with Gasteiger partial charge >= 0.3 is 5.97 Å².